The second-order valence-corrected chi connectivity index (χ2v) is 5.84. The molecule has 0 saturated heterocycles. The molecule has 0 atom stereocenters. The SMILES string of the molecule is CC.O=C(NNC(=O)C(F)F)c1cnc(NC2(c3cccnc3)CCC2)nc1. The fourth-order valence-corrected chi connectivity index (χ4v) is 2.63. The fourth-order valence-electron chi connectivity index (χ4n) is 2.63. The first-order valence-electron chi connectivity index (χ1n) is 8.89. The van der Waals surface area contributed by atoms with Crippen molar-refractivity contribution in [2.24, 2.45) is 0 Å². The molecule has 150 valence electrons. The Balaban J connectivity index is 0.00000136. The molecule has 0 spiro atoms. The Morgan fingerprint density at radius 3 is 2.29 bits per heavy atom. The van der Waals surface area contributed by atoms with Gasteiger partial charge in [0.05, 0.1) is 11.1 Å². The van der Waals surface area contributed by atoms with E-state index in [1.807, 2.05) is 31.4 Å². The lowest BCUT2D eigenvalue weighted by Gasteiger charge is -2.42. The molecule has 2 aromatic rings. The fraction of sp³-hybridized carbons (Fsp3) is 0.389. The Morgan fingerprint density at radius 1 is 1.11 bits per heavy atom. The van der Waals surface area contributed by atoms with Crippen LogP contribution in [0.25, 0.3) is 0 Å². The van der Waals surface area contributed by atoms with Crippen molar-refractivity contribution >= 4 is 17.8 Å². The number of anilines is 1. The summed E-state index contributed by atoms with van der Waals surface area (Å²) in [5, 5.41) is 3.28. The standard InChI is InChI=1S/C16H16F2N6O2.C2H6/c17-12(18)14(26)24-23-13(25)10-7-20-15(21-8-10)22-16(4-2-5-16)11-3-1-6-19-9-11;1-2/h1,3,6-9,12H,2,4-5H2,(H,23,25)(H,24,26)(H,20,21,22);1-2H3. The van der Waals surface area contributed by atoms with Crippen molar-refractivity contribution in [1.29, 1.82) is 0 Å². The molecule has 2 heterocycles. The Labute approximate surface area is 161 Å². The lowest BCUT2D eigenvalue weighted by Crippen LogP contribution is -2.44. The highest BCUT2D eigenvalue weighted by Gasteiger charge is 2.39. The summed E-state index contributed by atoms with van der Waals surface area (Å²) in [5.41, 5.74) is 4.24. The van der Waals surface area contributed by atoms with Crippen LogP contribution in [0.3, 0.4) is 0 Å². The summed E-state index contributed by atoms with van der Waals surface area (Å²) in [7, 11) is 0. The number of halogens is 2. The van der Waals surface area contributed by atoms with E-state index in [-0.39, 0.29) is 11.1 Å². The Hall–Kier alpha value is -3.17. The van der Waals surface area contributed by atoms with Crippen LogP contribution in [0.5, 0.6) is 0 Å². The zero-order valence-electron chi connectivity index (χ0n) is 15.6. The van der Waals surface area contributed by atoms with Crippen molar-refractivity contribution in [2.75, 3.05) is 5.32 Å². The topological polar surface area (TPSA) is 109 Å². The van der Waals surface area contributed by atoms with E-state index in [1.165, 1.54) is 12.4 Å². The number of hydrogen-bond donors (Lipinski definition) is 3. The Bertz CT molecular complexity index is 782. The van der Waals surface area contributed by atoms with Crippen molar-refractivity contribution < 1.29 is 18.4 Å². The summed E-state index contributed by atoms with van der Waals surface area (Å²) < 4.78 is 24.1. The van der Waals surface area contributed by atoms with Crippen LogP contribution in [0.4, 0.5) is 14.7 Å². The first kappa shape index (κ1) is 21.1. The van der Waals surface area contributed by atoms with E-state index >= 15 is 0 Å². The highest BCUT2D eigenvalue weighted by Crippen LogP contribution is 2.43. The number of carbonyl (C=O) groups is 2. The van der Waals surface area contributed by atoms with Gasteiger partial charge in [-0.15, -0.1) is 0 Å². The van der Waals surface area contributed by atoms with Gasteiger partial charge in [-0.25, -0.2) is 9.97 Å². The molecule has 0 unspecified atom stereocenters. The Morgan fingerprint density at radius 2 is 1.79 bits per heavy atom. The van der Waals surface area contributed by atoms with Crippen LogP contribution in [-0.4, -0.2) is 33.2 Å². The molecule has 3 N–H and O–H groups in total. The highest BCUT2D eigenvalue weighted by molar-refractivity contribution is 5.95. The van der Waals surface area contributed by atoms with Gasteiger partial charge in [0.1, 0.15) is 0 Å². The zero-order valence-corrected chi connectivity index (χ0v) is 15.6. The summed E-state index contributed by atoms with van der Waals surface area (Å²) in [6.45, 7) is 4.00. The summed E-state index contributed by atoms with van der Waals surface area (Å²) in [6, 6.07) is 3.84. The predicted octanol–water partition coefficient (Wildman–Crippen LogP) is 2.42. The average molecular weight is 392 g/mol. The number of aromatic nitrogens is 3. The molecule has 8 nitrogen and oxygen atoms in total. The maximum Gasteiger partial charge on any atom is 0.317 e. The van der Waals surface area contributed by atoms with Gasteiger partial charge in [-0.2, -0.15) is 8.78 Å². The van der Waals surface area contributed by atoms with Gasteiger partial charge in [0.25, 0.3) is 5.91 Å². The van der Waals surface area contributed by atoms with Crippen LogP contribution in [0.1, 0.15) is 49.0 Å². The Kier molecular flexibility index (Phi) is 7.30. The van der Waals surface area contributed by atoms with Gasteiger partial charge in [0, 0.05) is 24.8 Å². The van der Waals surface area contributed by atoms with E-state index in [4.69, 9.17) is 0 Å². The maximum atomic E-state index is 12.1. The minimum absolute atomic E-state index is 0.0224. The molecule has 0 aromatic carbocycles. The van der Waals surface area contributed by atoms with Gasteiger partial charge in [-0.05, 0) is 30.9 Å². The van der Waals surface area contributed by atoms with Crippen LogP contribution in [0.15, 0.2) is 36.9 Å². The summed E-state index contributed by atoms with van der Waals surface area (Å²) >= 11 is 0. The van der Waals surface area contributed by atoms with Crippen molar-refractivity contribution in [2.45, 2.75) is 45.1 Å². The van der Waals surface area contributed by atoms with Crippen LogP contribution in [0.2, 0.25) is 0 Å². The quantitative estimate of drug-likeness (QED) is 0.675. The minimum atomic E-state index is -3.22. The van der Waals surface area contributed by atoms with E-state index in [0.29, 0.717) is 5.95 Å². The second kappa shape index (κ2) is 9.67. The van der Waals surface area contributed by atoms with Crippen molar-refractivity contribution in [3.05, 3.63) is 48.0 Å². The third-order valence-corrected chi connectivity index (χ3v) is 4.18. The van der Waals surface area contributed by atoms with Crippen molar-refractivity contribution in [3.8, 4) is 0 Å². The monoisotopic (exact) mass is 392 g/mol. The molecular formula is C18H22F2N6O2. The van der Waals surface area contributed by atoms with E-state index in [0.717, 1.165) is 24.8 Å². The molecule has 10 heteroatoms. The van der Waals surface area contributed by atoms with E-state index in [1.54, 1.807) is 17.8 Å². The van der Waals surface area contributed by atoms with Crippen LogP contribution >= 0.6 is 0 Å². The van der Waals surface area contributed by atoms with Crippen LogP contribution in [-0.2, 0) is 10.3 Å². The minimum Gasteiger partial charge on any atom is -0.345 e. The first-order valence-corrected chi connectivity index (χ1v) is 8.89. The van der Waals surface area contributed by atoms with E-state index in [2.05, 4.69) is 20.3 Å². The summed E-state index contributed by atoms with van der Waals surface area (Å²) in [5.74, 6) is -2.06. The highest BCUT2D eigenvalue weighted by atomic mass is 19.3. The van der Waals surface area contributed by atoms with Gasteiger partial charge in [0.2, 0.25) is 5.95 Å². The lowest BCUT2D eigenvalue weighted by atomic mass is 9.72. The molecule has 1 fully saturated rings. The molecule has 28 heavy (non-hydrogen) atoms. The van der Waals surface area contributed by atoms with Gasteiger partial charge < -0.3 is 5.32 Å². The van der Waals surface area contributed by atoms with Gasteiger partial charge >= 0.3 is 12.3 Å². The smallest absolute Gasteiger partial charge is 0.317 e. The number of nitrogens with one attached hydrogen (secondary N) is 3. The maximum absolute atomic E-state index is 12.1. The predicted molar refractivity (Wildman–Crippen MR) is 98.4 cm³/mol. The first-order chi connectivity index (χ1) is 13.5. The normalized spacial score (nSPS) is 14.2. The summed E-state index contributed by atoms with van der Waals surface area (Å²) in [4.78, 5) is 34.8. The van der Waals surface area contributed by atoms with Crippen molar-refractivity contribution in [3.63, 3.8) is 0 Å². The molecule has 1 aliphatic carbocycles. The van der Waals surface area contributed by atoms with E-state index < -0.39 is 18.2 Å². The lowest BCUT2D eigenvalue weighted by molar-refractivity contribution is -0.132. The third-order valence-electron chi connectivity index (χ3n) is 4.18. The molecule has 0 radical (unpaired) electrons. The molecule has 2 amide bonds. The van der Waals surface area contributed by atoms with Crippen LogP contribution in [0, 0.1) is 0 Å². The second-order valence-electron chi connectivity index (χ2n) is 5.84. The number of hydrogen-bond acceptors (Lipinski definition) is 6. The average Bonchev–Trinajstić information content (AvgIpc) is 2.71. The molecule has 0 bridgehead atoms. The number of rotatable bonds is 5. The van der Waals surface area contributed by atoms with Gasteiger partial charge in [-0.1, -0.05) is 19.9 Å². The molecule has 1 aliphatic rings. The number of alkyl halides is 2. The molecule has 2 aromatic heterocycles. The van der Waals surface area contributed by atoms with Crippen LogP contribution < -0.4 is 16.2 Å². The number of pyridine rings is 1. The summed E-state index contributed by atoms with van der Waals surface area (Å²) in [6.07, 6.45) is 5.64. The molecular weight excluding hydrogens is 370 g/mol. The zero-order chi connectivity index (χ0) is 20.6. The van der Waals surface area contributed by atoms with Crippen molar-refractivity contribution in [1.82, 2.24) is 25.8 Å². The number of nitrogens with zero attached hydrogens (tertiary/aromatic N) is 3. The molecule has 0 aliphatic heterocycles. The van der Waals surface area contributed by atoms with E-state index in [9.17, 15) is 18.4 Å². The third kappa shape index (κ3) is 4.96. The molecule has 1 saturated carbocycles. The molecule has 3 rings (SSSR count). The van der Waals surface area contributed by atoms with Gasteiger partial charge in [-0.3, -0.25) is 25.4 Å². The largest absolute Gasteiger partial charge is 0.345 e. The number of carbonyl (C=O) groups excluding carboxylic acids is 2. The number of amides is 2. The van der Waals surface area contributed by atoms with Gasteiger partial charge in [0.15, 0.2) is 0 Å². The number of hydrazine groups is 1.